The number of methoxy groups -OCH3 is 1. The van der Waals surface area contributed by atoms with Gasteiger partial charge in [0, 0.05) is 12.6 Å². The molecule has 0 aliphatic carbocycles. The number of carboxylic acid groups (broad SMARTS) is 1. The van der Waals surface area contributed by atoms with Crippen LogP contribution in [0.15, 0.2) is 18.2 Å². The lowest BCUT2D eigenvalue weighted by Gasteiger charge is -2.14. The van der Waals surface area contributed by atoms with Crippen molar-refractivity contribution < 1.29 is 19.4 Å². The number of halogens is 1. The second kappa shape index (κ2) is 8.74. The fourth-order valence-corrected chi connectivity index (χ4v) is 2.42. The number of carbonyl (C=O) groups is 1. The predicted octanol–water partition coefficient (Wildman–Crippen LogP) is 2.68. The van der Waals surface area contributed by atoms with Crippen LogP contribution in [0.4, 0.5) is 0 Å². The van der Waals surface area contributed by atoms with Crippen LogP contribution in [0.2, 0.25) is 0 Å². The first-order valence-corrected chi connectivity index (χ1v) is 6.97. The molecule has 1 aliphatic heterocycles. The monoisotopic (exact) mass is 315 g/mol. The maximum absolute atomic E-state index is 11.0. The van der Waals surface area contributed by atoms with Crippen LogP contribution >= 0.6 is 12.4 Å². The molecule has 1 fully saturated rings. The largest absolute Gasteiger partial charge is 0.496 e. The van der Waals surface area contributed by atoms with Crippen LogP contribution in [0.5, 0.6) is 11.5 Å². The van der Waals surface area contributed by atoms with E-state index in [0.717, 1.165) is 13.0 Å². The van der Waals surface area contributed by atoms with Crippen LogP contribution in [-0.4, -0.2) is 49.3 Å². The van der Waals surface area contributed by atoms with Crippen molar-refractivity contribution in [2.45, 2.75) is 19.3 Å². The maximum atomic E-state index is 11.0. The van der Waals surface area contributed by atoms with Gasteiger partial charge in [-0.15, -0.1) is 12.4 Å². The first-order valence-electron chi connectivity index (χ1n) is 6.97. The molecular weight excluding hydrogens is 294 g/mol. The number of ether oxygens (including phenoxy) is 2. The topological polar surface area (TPSA) is 59.0 Å². The molecule has 1 aromatic rings. The smallest absolute Gasteiger partial charge is 0.339 e. The second-order valence-electron chi connectivity index (χ2n) is 4.92. The molecule has 0 atom stereocenters. The van der Waals surface area contributed by atoms with Crippen molar-refractivity contribution in [3.05, 3.63) is 23.8 Å². The van der Waals surface area contributed by atoms with E-state index in [4.69, 9.17) is 14.6 Å². The second-order valence-corrected chi connectivity index (χ2v) is 4.92. The van der Waals surface area contributed by atoms with Crippen LogP contribution in [0.1, 0.15) is 29.6 Å². The normalized spacial score (nSPS) is 14.5. The van der Waals surface area contributed by atoms with Gasteiger partial charge in [0.25, 0.3) is 0 Å². The molecule has 6 heteroatoms. The summed E-state index contributed by atoms with van der Waals surface area (Å²) in [4.78, 5) is 13.4. The average molecular weight is 316 g/mol. The Morgan fingerprint density at radius 2 is 2.05 bits per heavy atom. The Bertz CT molecular complexity index is 461. The quantitative estimate of drug-likeness (QED) is 0.784. The highest BCUT2D eigenvalue weighted by molar-refractivity contribution is 5.91. The summed E-state index contributed by atoms with van der Waals surface area (Å²) in [6, 6.07) is 4.80. The minimum atomic E-state index is -0.998. The van der Waals surface area contributed by atoms with Crippen molar-refractivity contribution in [1.29, 1.82) is 0 Å². The number of carboxylic acids is 1. The summed E-state index contributed by atoms with van der Waals surface area (Å²) in [6.45, 7) is 4.08. The Labute approximate surface area is 131 Å². The van der Waals surface area contributed by atoms with Crippen molar-refractivity contribution in [3.8, 4) is 11.5 Å². The molecule has 118 valence electrons. The van der Waals surface area contributed by atoms with Crippen molar-refractivity contribution in [1.82, 2.24) is 4.90 Å². The Balaban J connectivity index is 0.00000220. The molecule has 5 nitrogen and oxygen atoms in total. The minimum absolute atomic E-state index is 0. The van der Waals surface area contributed by atoms with Crippen LogP contribution < -0.4 is 9.47 Å². The van der Waals surface area contributed by atoms with Crippen LogP contribution in [0.3, 0.4) is 0 Å². The zero-order chi connectivity index (χ0) is 14.4. The molecule has 0 aromatic heterocycles. The van der Waals surface area contributed by atoms with Gasteiger partial charge in [0.2, 0.25) is 0 Å². The third-order valence-electron chi connectivity index (χ3n) is 3.49. The van der Waals surface area contributed by atoms with Gasteiger partial charge in [0.05, 0.1) is 13.7 Å². The van der Waals surface area contributed by atoms with E-state index in [1.165, 1.54) is 39.1 Å². The molecule has 2 rings (SSSR count). The number of likely N-dealkylation sites (tertiary alicyclic amines) is 1. The highest BCUT2D eigenvalue weighted by Crippen LogP contribution is 2.24. The molecule has 0 amide bonds. The van der Waals surface area contributed by atoms with Gasteiger partial charge in [0.1, 0.15) is 17.1 Å². The minimum Gasteiger partial charge on any atom is -0.496 e. The Kier molecular flexibility index (Phi) is 7.32. The molecule has 1 heterocycles. The summed E-state index contributed by atoms with van der Waals surface area (Å²) in [5.74, 6) is -0.0229. The molecule has 0 spiro atoms. The molecule has 21 heavy (non-hydrogen) atoms. The summed E-state index contributed by atoms with van der Waals surface area (Å²) in [7, 11) is 1.46. The zero-order valence-corrected chi connectivity index (χ0v) is 13.0. The highest BCUT2D eigenvalue weighted by atomic mass is 35.5. The van der Waals surface area contributed by atoms with Gasteiger partial charge >= 0.3 is 5.97 Å². The van der Waals surface area contributed by atoms with Crippen molar-refractivity contribution >= 4 is 18.4 Å². The van der Waals surface area contributed by atoms with Crippen LogP contribution in [0, 0.1) is 0 Å². The lowest BCUT2D eigenvalue weighted by molar-refractivity contribution is 0.0693. The molecule has 1 aliphatic rings. The third kappa shape index (κ3) is 5.10. The highest BCUT2D eigenvalue weighted by Gasteiger charge is 2.12. The molecule has 0 saturated carbocycles. The number of aromatic carboxylic acids is 1. The Morgan fingerprint density at radius 1 is 1.33 bits per heavy atom. The summed E-state index contributed by atoms with van der Waals surface area (Å²) < 4.78 is 10.7. The molecule has 0 unspecified atom stereocenters. The number of hydrogen-bond donors (Lipinski definition) is 1. The van der Waals surface area contributed by atoms with E-state index in [2.05, 4.69) is 4.90 Å². The first kappa shape index (κ1) is 17.6. The molecule has 1 N–H and O–H groups in total. The van der Waals surface area contributed by atoms with E-state index >= 15 is 0 Å². The molecule has 0 bridgehead atoms. The number of hydrogen-bond acceptors (Lipinski definition) is 4. The summed E-state index contributed by atoms with van der Waals surface area (Å²) in [6.07, 6.45) is 3.58. The van der Waals surface area contributed by atoms with E-state index < -0.39 is 5.97 Å². The Morgan fingerprint density at radius 3 is 2.67 bits per heavy atom. The van der Waals surface area contributed by atoms with E-state index in [0.29, 0.717) is 18.1 Å². The van der Waals surface area contributed by atoms with Crippen molar-refractivity contribution in [2.24, 2.45) is 0 Å². The van der Waals surface area contributed by atoms with Crippen molar-refractivity contribution in [2.75, 3.05) is 33.4 Å². The van der Waals surface area contributed by atoms with Crippen LogP contribution in [-0.2, 0) is 0 Å². The molecule has 1 saturated heterocycles. The third-order valence-corrected chi connectivity index (χ3v) is 3.49. The Hall–Kier alpha value is -1.46. The summed E-state index contributed by atoms with van der Waals surface area (Å²) >= 11 is 0. The lowest BCUT2D eigenvalue weighted by Crippen LogP contribution is -2.21. The first-order chi connectivity index (χ1) is 9.70. The van der Waals surface area contributed by atoms with Gasteiger partial charge in [-0.1, -0.05) is 0 Å². The van der Waals surface area contributed by atoms with Gasteiger partial charge in [-0.3, -0.25) is 0 Å². The van der Waals surface area contributed by atoms with Crippen molar-refractivity contribution in [3.63, 3.8) is 0 Å². The SMILES string of the molecule is COc1cc(OCCCN2CCCC2)ccc1C(=O)O.Cl. The van der Waals surface area contributed by atoms with E-state index in [-0.39, 0.29) is 18.0 Å². The molecule has 1 aromatic carbocycles. The predicted molar refractivity (Wildman–Crippen MR) is 83.0 cm³/mol. The summed E-state index contributed by atoms with van der Waals surface area (Å²) in [5, 5.41) is 9.00. The maximum Gasteiger partial charge on any atom is 0.339 e. The summed E-state index contributed by atoms with van der Waals surface area (Å²) in [5.41, 5.74) is 0.150. The molecular formula is C15H22ClNO4. The molecule has 0 radical (unpaired) electrons. The van der Waals surface area contributed by atoms with Gasteiger partial charge in [0.15, 0.2) is 0 Å². The standard InChI is InChI=1S/C15H21NO4.ClH/c1-19-14-11-12(5-6-13(14)15(17)18)20-10-4-9-16-7-2-3-8-16;/h5-6,11H,2-4,7-10H2,1H3,(H,17,18);1H. The van der Waals surface area contributed by atoms with Crippen LogP contribution in [0.25, 0.3) is 0 Å². The van der Waals surface area contributed by atoms with E-state index in [1.807, 2.05) is 0 Å². The fraction of sp³-hybridized carbons (Fsp3) is 0.533. The van der Waals surface area contributed by atoms with Gasteiger partial charge in [-0.25, -0.2) is 4.79 Å². The lowest BCUT2D eigenvalue weighted by atomic mass is 10.2. The average Bonchev–Trinajstić information content (AvgIpc) is 2.96. The van der Waals surface area contributed by atoms with Gasteiger partial charge < -0.3 is 19.5 Å². The van der Waals surface area contributed by atoms with Gasteiger partial charge in [-0.05, 0) is 44.5 Å². The number of rotatable bonds is 7. The number of benzene rings is 1. The number of nitrogens with zero attached hydrogens (tertiary/aromatic N) is 1. The van der Waals surface area contributed by atoms with E-state index in [9.17, 15) is 4.79 Å². The fourth-order valence-electron chi connectivity index (χ4n) is 2.42. The zero-order valence-electron chi connectivity index (χ0n) is 12.2. The van der Waals surface area contributed by atoms with Gasteiger partial charge in [-0.2, -0.15) is 0 Å². The van der Waals surface area contributed by atoms with E-state index in [1.54, 1.807) is 12.1 Å².